The molecule has 3 aromatic rings. The average Bonchev–Trinajstić information content (AvgIpc) is 3.42. The number of fused-ring (bicyclic) bond motifs is 1. The van der Waals surface area contributed by atoms with E-state index in [-0.39, 0.29) is 11.9 Å². The van der Waals surface area contributed by atoms with Crippen molar-refractivity contribution in [2.24, 2.45) is 0 Å². The van der Waals surface area contributed by atoms with E-state index in [1.807, 2.05) is 72.8 Å². The number of epoxide rings is 1. The first kappa shape index (κ1) is 15.6. The number of hydrogen-bond donors (Lipinski definition) is 0. The minimum Gasteiger partial charge on any atom is -0.481 e. The molecule has 2 heterocycles. The fraction of sp³-hybridized carbons (Fsp3) is 0.136. The van der Waals surface area contributed by atoms with Crippen molar-refractivity contribution in [1.29, 1.82) is 0 Å². The molecule has 1 saturated heterocycles. The highest BCUT2D eigenvalue weighted by atomic mass is 35.5. The Morgan fingerprint density at radius 1 is 0.769 bits per heavy atom. The van der Waals surface area contributed by atoms with Crippen LogP contribution in [0.15, 0.2) is 78.9 Å². The summed E-state index contributed by atoms with van der Waals surface area (Å²) < 4.78 is 12.4. The van der Waals surface area contributed by atoms with Crippen LogP contribution in [0.5, 0.6) is 5.75 Å². The van der Waals surface area contributed by atoms with E-state index in [1.165, 1.54) is 0 Å². The number of Topliss-reactive ketones (excluding diaryl/α,β-unsaturated/α-hetero) is 1. The highest BCUT2D eigenvalue weighted by Crippen LogP contribution is 2.61. The summed E-state index contributed by atoms with van der Waals surface area (Å²) in [6.07, 6.45) is -0.849. The summed E-state index contributed by atoms with van der Waals surface area (Å²) in [5.74, 6) is 0.565. The third-order valence-electron chi connectivity index (χ3n) is 5.04. The molecule has 2 aliphatic rings. The Balaban J connectivity index is 1.64. The number of rotatable bonds is 2. The van der Waals surface area contributed by atoms with Gasteiger partial charge in [0.15, 0.2) is 6.10 Å². The molecule has 0 aliphatic carbocycles. The quantitative estimate of drug-likeness (QED) is 0.590. The van der Waals surface area contributed by atoms with Crippen LogP contribution >= 0.6 is 11.6 Å². The van der Waals surface area contributed by atoms with Crippen molar-refractivity contribution in [3.8, 4) is 5.75 Å². The van der Waals surface area contributed by atoms with Gasteiger partial charge in [0.05, 0.1) is 5.56 Å². The van der Waals surface area contributed by atoms with Crippen LogP contribution in [0.2, 0.25) is 5.02 Å². The lowest BCUT2D eigenvalue weighted by atomic mass is 9.81. The Bertz CT molecular complexity index is 984. The summed E-state index contributed by atoms with van der Waals surface area (Å²) in [6, 6.07) is 24.5. The van der Waals surface area contributed by atoms with Crippen molar-refractivity contribution < 1.29 is 14.3 Å². The van der Waals surface area contributed by atoms with Gasteiger partial charge < -0.3 is 9.47 Å². The molecule has 0 radical (unpaired) electrons. The summed E-state index contributed by atoms with van der Waals surface area (Å²) in [7, 11) is 0. The third kappa shape index (κ3) is 2.21. The number of benzene rings is 3. The topological polar surface area (TPSA) is 38.8 Å². The number of ether oxygens (including phenoxy) is 2. The maximum Gasteiger partial charge on any atom is 0.205 e. The second-order valence-electron chi connectivity index (χ2n) is 6.58. The van der Waals surface area contributed by atoms with Crippen molar-refractivity contribution in [2.75, 3.05) is 0 Å². The van der Waals surface area contributed by atoms with Crippen LogP contribution in [0, 0.1) is 0 Å². The van der Waals surface area contributed by atoms with Crippen molar-refractivity contribution in [2.45, 2.75) is 17.8 Å². The molecular weight excluding hydrogens is 348 g/mol. The van der Waals surface area contributed by atoms with Crippen LogP contribution in [0.25, 0.3) is 0 Å². The Morgan fingerprint density at radius 2 is 1.42 bits per heavy atom. The Morgan fingerprint density at radius 3 is 2.19 bits per heavy atom. The van der Waals surface area contributed by atoms with Crippen molar-refractivity contribution in [1.82, 2.24) is 0 Å². The summed E-state index contributed by atoms with van der Waals surface area (Å²) >= 11 is 6.00. The van der Waals surface area contributed by atoms with E-state index in [1.54, 1.807) is 6.07 Å². The average molecular weight is 363 g/mol. The first-order valence-corrected chi connectivity index (χ1v) is 8.86. The van der Waals surface area contributed by atoms with Gasteiger partial charge in [0.25, 0.3) is 0 Å². The molecule has 0 amide bonds. The number of halogens is 1. The van der Waals surface area contributed by atoms with Gasteiger partial charge in [-0.25, -0.2) is 0 Å². The van der Waals surface area contributed by atoms with Gasteiger partial charge in [0, 0.05) is 5.02 Å². The van der Waals surface area contributed by atoms with Crippen LogP contribution in [0.3, 0.4) is 0 Å². The monoisotopic (exact) mass is 362 g/mol. The molecule has 128 valence electrons. The summed E-state index contributed by atoms with van der Waals surface area (Å²) in [5.41, 5.74) is 1.37. The summed E-state index contributed by atoms with van der Waals surface area (Å²) in [5, 5.41) is 0.652. The first-order chi connectivity index (χ1) is 12.7. The van der Waals surface area contributed by atoms with Crippen LogP contribution in [0.4, 0.5) is 0 Å². The molecule has 26 heavy (non-hydrogen) atoms. The van der Waals surface area contributed by atoms with Gasteiger partial charge in [-0.3, -0.25) is 4.79 Å². The van der Waals surface area contributed by atoms with Crippen molar-refractivity contribution in [3.63, 3.8) is 0 Å². The maximum absolute atomic E-state index is 13.4. The van der Waals surface area contributed by atoms with Gasteiger partial charge in [0.1, 0.15) is 11.9 Å². The number of hydrogen-bond acceptors (Lipinski definition) is 3. The molecule has 0 saturated carbocycles. The van der Waals surface area contributed by atoms with Crippen LogP contribution in [0.1, 0.15) is 33.7 Å². The number of carbonyl (C=O) groups excluding carboxylic acids is 1. The lowest BCUT2D eigenvalue weighted by molar-refractivity contribution is 0.0523. The zero-order valence-electron chi connectivity index (χ0n) is 13.8. The number of carbonyl (C=O) groups is 1. The predicted molar refractivity (Wildman–Crippen MR) is 98.6 cm³/mol. The molecule has 3 aromatic carbocycles. The fourth-order valence-corrected chi connectivity index (χ4v) is 3.86. The normalized spacial score (nSPS) is 26.3. The van der Waals surface area contributed by atoms with Crippen molar-refractivity contribution >= 4 is 17.4 Å². The fourth-order valence-electron chi connectivity index (χ4n) is 3.73. The lowest BCUT2D eigenvalue weighted by Gasteiger charge is -2.31. The number of ketones is 1. The molecule has 0 bridgehead atoms. The second-order valence-corrected chi connectivity index (χ2v) is 7.01. The molecule has 3 atom stereocenters. The molecule has 1 spiro atoms. The zero-order valence-corrected chi connectivity index (χ0v) is 14.5. The SMILES string of the molecule is O=C1c2ccccc2O[C@@H](c2ccccc2)[C@]12O[C@H]2c1ccc(Cl)cc1. The smallest absolute Gasteiger partial charge is 0.205 e. The van der Waals surface area contributed by atoms with Crippen LogP contribution in [-0.2, 0) is 4.74 Å². The lowest BCUT2D eigenvalue weighted by Crippen LogP contribution is -2.40. The van der Waals surface area contributed by atoms with Crippen LogP contribution in [-0.4, -0.2) is 11.4 Å². The summed E-state index contributed by atoms with van der Waals surface area (Å²) in [6.45, 7) is 0. The van der Waals surface area contributed by atoms with Gasteiger partial charge in [-0.15, -0.1) is 0 Å². The maximum atomic E-state index is 13.4. The van der Waals surface area contributed by atoms with E-state index < -0.39 is 11.7 Å². The zero-order chi connectivity index (χ0) is 17.7. The molecule has 5 rings (SSSR count). The first-order valence-electron chi connectivity index (χ1n) is 8.49. The highest BCUT2D eigenvalue weighted by Gasteiger charge is 2.71. The molecule has 3 nitrogen and oxygen atoms in total. The van der Waals surface area contributed by atoms with E-state index in [0.717, 1.165) is 11.1 Å². The minimum absolute atomic E-state index is 0.0341. The van der Waals surface area contributed by atoms with E-state index >= 15 is 0 Å². The minimum atomic E-state index is -1.04. The largest absolute Gasteiger partial charge is 0.481 e. The van der Waals surface area contributed by atoms with Gasteiger partial charge in [0.2, 0.25) is 11.4 Å². The summed E-state index contributed by atoms with van der Waals surface area (Å²) in [4.78, 5) is 13.4. The Labute approximate surface area is 156 Å². The van der Waals surface area contributed by atoms with Gasteiger partial charge in [-0.05, 0) is 35.4 Å². The number of para-hydroxylation sites is 1. The highest BCUT2D eigenvalue weighted by molar-refractivity contribution is 6.30. The van der Waals surface area contributed by atoms with E-state index in [9.17, 15) is 4.79 Å². The Hall–Kier alpha value is -2.62. The Kier molecular flexibility index (Phi) is 3.42. The van der Waals surface area contributed by atoms with Gasteiger partial charge >= 0.3 is 0 Å². The van der Waals surface area contributed by atoms with Gasteiger partial charge in [-0.2, -0.15) is 0 Å². The molecule has 0 unspecified atom stereocenters. The molecule has 4 heteroatoms. The van der Waals surface area contributed by atoms with Crippen LogP contribution < -0.4 is 4.74 Å². The standard InChI is InChI=1S/C22H15ClO3/c23-16-12-10-15(11-13-16)21-22(26-21)19(24)17-8-4-5-9-18(17)25-20(22)14-6-2-1-3-7-14/h1-13,20-21H/t20-,21-,22+/m0/s1. The molecule has 2 aliphatic heterocycles. The van der Waals surface area contributed by atoms with E-state index in [2.05, 4.69) is 0 Å². The van der Waals surface area contributed by atoms with Gasteiger partial charge in [-0.1, -0.05) is 66.2 Å². The molecule has 1 fully saturated rings. The van der Waals surface area contributed by atoms with Crippen molar-refractivity contribution in [3.05, 3.63) is 101 Å². The third-order valence-corrected chi connectivity index (χ3v) is 5.29. The molecule has 0 N–H and O–H groups in total. The molecular formula is C22H15ClO3. The predicted octanol–water partition coefficient (Wildman–Crippen LogP) is 5.17. The van der Waals surface area contributed by atoms with E-state index in [0.29, 0.717) is 16.3 Å². The van der Waals surface area contributed by atoms with E-state index in [4.69, 9.17) is 21.1 Å². The second kappa shape index (κ2) is 5.70. The molecule has 0 aromatic heterocycles.